The highest BCUT2D eigenvalue weighted by Gasteiger charge is 2.10. The van der Waals surface area contributed by atoms with Gasteiger partial charge in [-0.15, -0.1) is 0 Å². The van der Waals surface area contributed by atoms with Crippen LogP contribution in [0.4, 0.5) is 4.79 Å². The van der Waals surface area contributed by atoms with E-state index in [2.05, 4.69) is 16.0 Å². The van der Waals surface area contributed by atoms with Crippen LogP contribution < -0.4 is 10.6 Å². The van der Waals surface area contributed by atoms with Crippen LogP contribution in [0.5, 0.6) is 0 Å². The molecule has 0 aliphatic rings. The van der Waals surface area contributed by atoms with Crippen molar-refractivity contribution in [3.8, 4) is 0 Å². The molecule has 2 rings (SSSR count). The summed E-state index contributed by atoms with van der Waals surface area (Å²) in [4.78, 5) is 23.3. The van der Waals surface area contributed by atoms with Crippen LogP contribution in [0.15, 0.2) is 47.2 Å². The number of hydrogen-bond donors (Lipinski definition) is 2. The normalized spacial score (nSPS) is 11.5. The van der Waals surface area contributed by atoms with E-state index >= 15 is 0 Å². The van der Waals surface area contributed by atoms with Gasteiger partial charge in [-0.2, -0.15) is 11.3 Å². The van der Waals surface area contributed by atoms with Crippen molar-refractivity contribution >= 4 is 23.3 Å². The van der Waals surface area contributed by atoms with Gasteiger partial charge < -0.3 is 15.4 Å². The molecule has 1 aromatic carbocycles. The predicted molar refractivity (Wildman–Crippen MR) is 90.3 cm³/mol. The third-order valence-corrected chi connectivity index (χ3v) is 3.87. The molecule has 6 heteroatoms. The summed E-state index contributed by atoms with van der Waals surface area (Å²) in [6.45, 7) is 2.02. The Bertz CT molecular complexity index is 614. The molecule has 0 fully saturated rings. The summed E-state index contributed by atoms with van der Waals surface area (Å²) in [7, 11) is 0. The van der Waals surface area contributed by atoms with Gasteiger partial charge in [-0.1, -0.05) is 30.3 Å². The van der Waals surface area contributed by atoms with E-state index in [1.165, 1.54) is 5.56 Å². The third kappa shape index (κ3) is 6.52. The molecule has 2 N–H and O–H groups in total. The number of carbonyl (C=O) groups is 2. The van der Waals surface area contributed by atoms with Crippen LogP contribution in [-0.2, 0) is 22.6 Å². The van der Waals surface area contributed by atoms with Gasteiger partial charge in [0.05, 0.1) is 0 Å². The van der Waals surface area contributed by atoms with E-state index in [0.29, 0.717) is 0 Å². The standard InChI is InChI=1S/C17H20N2O3S/c1-13(9-15-7-8-23-12-15)19-16(20)10-18-17(21)22-11-14-5-3-2-4-6-14/h2-8,12-13H,9-11H2,1H3,(H,18,21)(H,19,20)/t13-/m1/s1. The van der Waals surface area contributed by atoms with Gasteiger partial charge in [0, 0.05) is 6.04 Å². The van der Waals surface area contributed by atoms with E-state index in [9.17, 15) is 9.59 Å². The van der Waals surface area contributed by atoms with Crippen molar-refractivity contribution in [2.75, 3.05) is 6.54 Å². The molecule has 2 aromatic rings. The number of amides is 2. The quantitative estimate of drug-likeness (QED) is 0.819. The smallest absolute Gasteiger partial charge is 0.407 e. The molecule has 23 heavy (non-hydrogen) atoms. The number of rotatable bonds is 7. The van der Waals surface area contributed by atoms with Gasteiger partial charge in [-0.3, -0.25) is 4.79 Å². The first-order valence-electron chi connectivity index (χ1n) is 7.38. The molecule has 0 radical (unpaired) electrons. The summed E-state index contributed by atoms with van der Waals surface area (Å²) in [5.74, 6) is -0.232. The molecule has 0 aliphatic carbocycles. The van der Waals surface area contributed by atoms with Gasteiger partial charge >= 0.3 is 6.09 Å². The van der Waals surface area contributed by atoms with Crippen LogP contribution in [0, 0.1) is 0 Å². The molecule has 0 aliphatic heterocycles. The topological polar surface area (TPSA) is 67.4 Å². The zero-order valence-corrected chi connectivity index (χ0v) is 13.8. The molecule has 0 unspecified atom stereocenters. The Hall–Kier alpha value is -2.34. The first-order valence-corrected chi connectivity index (χ1v) is 8.33. The fraction of sp³-hybridized carbons (Fsp3) is 0.294. The fourth-order valence-electron chi connectivity index (χ4n) is 2.07. The summed E-state index contributed by atoms with van der Waals surface area (Å²) in [6.07, 6.45) is 0.169. The van der Waals surface area contributed by atoms with Crippen LogP contribution in [0.3, 0.4) is 0 Å². The lowest BCUT2D eigenvalue weighted by Gasteiger charge is -2.13. The Balaban J connectivity index is 1.62. The van der Waals surface area contributed by atoms with E-state index in [0.717, 1.165) is 12.0 Å². The largest absolute Gasteiger partial charge is 0.445 e. The Labute approximate surface area is 139 Å². The van der Waals surface area contributed by atoms with E-state index in [-0.39, 0.29) is 25.1 Å². The number of ether oxygens (including phenoxy) is 1. The van der Waals surface area contributed by atoms with Gasteiger partial charge in [0.2, 0.25) is 5.91 Å². The van der Waals surface area contributed by atoms with Crippen molar-refractivity contribution in [3.05, 3.63) is 58.3 Å². The Morgan fingerprint density at radius 3 is 2.65 bits per heavy atom. The minimum atomic E-state index is -0.602. The van der Waals surface area contributed by atoms with E-state index in [4.69, 9.17) is 4.74 Å². The summed E-state index contributed by atoms with van der Waals surface area (Å²) < 4.78 is 5.04. The van der Waals surface area contributed by atoms with Crippen LogP contribution in [0.25, 0.3) is 0 Å². The SMILES string of the molecule is C[C@H](Cc1ccsc1)NC(=O)CNC(=O)OCc1ccccc1. The minimum Gasteiger partial charge on any atom is -0.445 e. The molecule has 1 heterocycles. The van der Waals surface area contributed by atoms with E-state index < -0.39 is 6.09 Å². The van der Waals surface area contributed by atoms with Crippen LogP contribution >= 0.6 is 11.3 Å². The van der Waals surface area contributed by atoms with Gasteiger partial charge in [-0.25, -0.2) is 4.79 Å². The molecule has 0 saturated heterocycles. The Kier molecular flexibility index (Phi) is 6.62. The highest BCUT2D eigenvalue weighted by molar-refractivity contribution is 7.07. The van der Waals surface area contributed by atoms with Crippen molar-refractivity contribution in [2.24, 2.45) is 0 Å². The van der Waals surface area contributed by atoms with Gasteiger partial charge in [0.1, 0.15) is 13.2 Å². The summed E-state index contributed by atoms with van der Waals surface area (Å²) >= 11 is 1.63. The monoisotopic (exact) mass is 332 g/mol. The lowest BCUT2D eigenvalue weighted by atomic mass is 10.1. The molecule has 122 valence electrons. The fourth-order valence-corrected chi connectivity index (χ4v) is 2.75. The molecule has 1 aromatic heterocycles. The van der Waals surface area contributed by atoms with Gasteiger partial charge in [0.15, 0.2) is 0 Å². The minimum absolute atomic E-state index is 0.0132. The number of carbonyl (C=O) groups excluding carboxylic acids is 2. The Morgan fingerprint density at radius 1 is 1.17 bits per heavy atom. The summed E-state index contributed by atoms with van der Waals surface area (Å²) in [6, 6.07) is 11.4. The molecule has 0 spiro atoms. The maximum atomic E-state index is 11.8. The van der Waals surface area contributed by atoms with Crippen LogP contribution in [0.1, 0.15) is 18.1 Å². The van der Waals surface area contributed by atoms with E-state index in [1.807, 2.05) is 48.7 Å². The highest BCUT2D eigenvalue weighted by atomic mass is 32.1. The second-order valence-electron chi connectivity index (χ2n) is 5.22. The van der Waals surface area contributed by atoms with Crippen molar-refractivity contribution in [3.63, 3.8) is 0 Å². The van der Waals surface area contributed by atoms with Gasteiger partial charge in [-0.05, 0) is 41.3 Å². The molecule has 5 nitrogen and oxygen atoms in total. The second-order valence-corrected chi connectivity index (χ2v) is 6.00. The lowest BCUT2D eigenvalue weighted by molar-refractivity contribution is -0.120. The Morgan fingerprint density at radius 2 is 1.96 bits per heavy atom. The molecular formula is C17H20N2O3S. The highest BCUT2D eigenvalue weighted by Crippen LogP contribution is 2.08. The predicted octanol–water partition coefficient (Wildman–Crippen LogP) is 2.72. The number of hydrogen-bond acceptors (Lipinski definition) is 4. The third-order valence-electron chi connectivity index (χ3n) is 3.14. The van der Waals surface area contributed by atoms with Crippen molar-refractivity contribution in [1.29, 1.82) is 0 Å². The number of nitrogens with one attached hydrogen (secondary N) is 2. The van der Waals surface area contributed by atoms with Crippen molar-refractivity contribution in [1.82, 2.24) is 10.6 Å². The number of alkyl carbamates (subject to hydrolysis) is 1. The molecule has 0 saturated carbocycles. The maximum absolute atomic E-state index is 11.8. The van der Waals surface area contributed by atoms with Crippen molar-refractivity contribution < 1.29 is 14.3 Å². The average Bonchev–Trinajstić information content (AvgIpc) is 3.04. The lowest BCUT2D eigenvalue weighted by Crippen LogP contribution is -2.41. The molecule has 0 bridgehead atoms. The average molecular weight is 332 g/mol. The summed E-state index contributed by atoms with van der Waals surface area (Å²) in [5, 5.41) is 9.35. The van der Waals surface area contributed by atoms with Crippen LogP contribution in [-0.4, -0.2) is 24.6 Å². The van der Waals surface area contributed by atoms with E-state index in [1.54, 1.807) is 11.3 Å². The number of benzene rings is 1. The summed E-state index contributed by atoms with van der Waals surface area (Å²) in [5.41, 5.74) is 2.09. The number of thiophene rings is 1. The van der Waals surface area contributed by atoms with Crippen molar-refractivity contribution in [2.45, 2.75) is 26.0 Å². The zero-order valence-electron chi connectivity index (χ0n) is 13.0. The molecule has 1 atom stereocenters. The second kappa shape index (κ2) is 8.95. The maximum Gasteiger partial charge on any atom is 0.407 e. The first kappa shape index (κ1) is 17.0. The molecular weight excluding hydrogens is 312 g/mol. The van der Waals surface area contributed by atoms with Gasteiger partial charge in [0.25, 0.3) is 0 Å². The zero-order chi connectivity index (χ0) is 16.5. The van der Waals surface area contributed by atoms with Crippen LogP contribution in [0.2, 0.25) is 0 Å². The molecule has 2 amide bonds. The first-order chi connectivity index (χ1) is 11.1.